The summed E-state index contributed by atoms with van der Waals surface area (Å²) in [6.45, 7) is 21.2. The normalized spacial score (nSPS) is 21.0. The number of esters is 1. The van der Waals surface area contributed by atoms with Crippen molar-refractivity contribution < 1.29 is 32.6 Å². The Morgan fingerprint density at radius 3 is 1.77 bits per heavy atom. The van der Waals surface area contributed by atoms with Gasteiger partial charge < -0.3 is 27.8 Å². The van der Waals surface area contributed by atoms with E-state index in [4.69, 9.17) is 27.8 Å². The molecule has 0 saturated carbocycles. The van der Waals surface area contributed by atoms with Gasteiger partial charge in [0.1, 0.15) is 18.3 Å². The molecule has 0 N–H and O–H groups in total. The second-order valence-electron chi connectivity index (χ2n) is 15.7. The van der Waals surface area contributed by atoms with Gasteiger partial charge in [0.05, 0.1) is 31.8 Å². The molecule has 1 aliphatic heterocycles. The van der Waals surface area contributed by atoms with E-state index in [1.807, 2.05) is 70.2 Å². The summed E-state index contributed by atoms with van der Waals surface area (Å²) in [5, 5.41) is 2.13. The van der Waals surface area contributed by atoms with Gasteiger partial charge in [0, 0.05) is 0 Å². The minimum absolute atomic E-state index is 0.230. The van der Waals surface area contributed by atoms with Crippen LogP contribution in [-0.4, -0.2) is 66.5 Å². The Morgan fingerprint density at radius 1 is 0.812 bits per heavy atom. The van der Waals surface area contributed by atoms with E-state index in [-0.39, 0.29) is 17.6 Å². The van der Waals surface area contributed by atoms with Crippen molar-refractivity contribution in [3.8, 4) is 0 Å². The number of rotatable bonds is 13. The van der Waals surface area contributed by atoms with Crippen molar-refractivity contribution in [3.63, 3.8) is 0 Å². The zero-order valence-electron chi connectivity index (χ0n) is 30.7. The highest BCUT2D eigenvalue weighted by atomic mass is 28.4. The van der Waals surface area contributed by atoms with Crippen molar-refractivity contribution in [3.05, 3.63) is 96.6 Å². The molecule has 1 heterocycles. The molecule has 0 unspecified atom stereocenters. The molecule has 3 aromatic carbocycles. The number of hydrogen-bond acceptors (Lipinski definition) is 7. The number of hydrogen-bond donors (Lipinski definition) is 0. The lowest BCUT2D eigenvalue weighted by Crippen LogP contribution is -2.69. The van der Waals surface area contributed by atoms with Gasteiger partial charge in [0.2, 0.25) is 0 Å². The molecule has 7 nitrogen and oxygen atoms in total. The van der Waals surface area contributed by atoms with Crippen molar-refractivity contribution in [2.45, 2.75) is 110 Å². The molecule has 0 bridgehead atoms. The first-order chi connectivity index (χ1) is 22.4. The molecule has 262 valence electrons. The maximum atomic E-state index is 13.4. The van der Waals surface area contributed by atoms with Crippen LogP contribution < -0.4 is 10.4 Å². The third-order valence-electron chi connectivity index (χ3n) is 8.91. The van der Waals surface area contributed by atoms with Crippen molar-refractivity contribution >= 4 is 33.0 Å². The minimum atomic E-state index is -2.92. The molecule has 0 radical (unpaired) electrons. The van der Waals surface area contributed by atoms with Gasteiger partial charge in [-0.15, -0.1) is 0 Å². The lowest BCUT2D eigenvalue weighted by molar-refractivity contribution is -0.358. The third-order valence-corrected chi connectivity index (χ3v) is 14.9. The molecule has 1 aliphatic rings. The molecule has 1 saturated heterocycles. The van der Waals surface area contributed by atoms with Crippen molar-refractivity contribution in [1.82, 2.24) is 0 Å². The van der Waals surface area contributed by atoms with Crippen molar-refractivity contribution in [1.29, 1.82) is 0 Å². The Hall–Kier alpha value is -2.64. The first-order valence-corrected chi connectivity index (χ1v) is 22.3. The summed E-state index contributed by atoms with van der Waals surface area (Å²) in [5.41, 5.74) is -0.0344. The highest BCUT2D eigenvalue weighted by molar-refractivity contribution is 6.99. The topological polar surface area (TPSA) is 72.5 Å². The SMILES string of the molecule is COC(=O)C(C)(C)[C@H](O[Si](C)(C)C)[C@H]1OC(C)(C)O[C@H](CO[Si](c2ccccc2)(c2ccccc2)C(C)(C)C)[C@H]1OCc1ccccc1. The van der Waals surface area contributed by atoms with Crippen LogP contribution in [0.2, 0.25) is 24.7 Å². The molecule has 0 spiro atoms. The quantitative estimate of drug-likeness (QED) is 0.140. The summed E-state index contributed by atoms with van der Waals surface area (Å²) >= 11 is 0. The fraction of sp³-hybridized carbons (Fsp3) is 0.513. The highest BCUT2D eigenvalue weighted by Crippen LogP contribution is 2.41. The lowest BCUT2D eigenvalue weighted by Gasteiger charge is -2.52. The molecule has 3 aromatic rings. The Balaban J connectivity index is 1.84. The van der Waals surface area contributed by atoms with Gasteiger partial charge in [-0.1, -0.05) is 112 Å². The molecule has 0 aliphatic carbocycles. The van der Waals surface area contributed by atoms with Crippen LogP contribution in [0.1, 0.15) is 54.0 Å². The molecule has 1 fully saturated rings. The van der Waals surface area contributed by atoms with Crippen LogP contribution in [0.3, 0.4) is 0 Å². The smallest absolute Gasteiger partial charge is 0.313 e. The Kier molecular flexibility index (Phi) is 12.0. The number of ether oxygens (including phenoxy) is 4. The molecule has 0 amide bonds. The fourth-order valence-electron chi connectivity index (χ4n) is 6.75. The van der Waals surface area contributed by atoms with E-state index >= 15 is 0 Å². The van der Waals surface area contributed by atoms with Crippen LogP contribution in [-0.2, 0) is 39.2 Å². The highest BCUT2D eigenvalue weighted by Gasteiger charge is 2.56. The van der Waals surface area contributed by atoms with Crippen LogP contribution in [0.25, 0.3) is 0 Å². The van der Waals surface area contributed by atoms with E-state index < -0.39 is 52.3 Å². The molecule has 4 rings (SSSR count). The van der Waals surface area contributed by atoms with Gasteiger partial charge >= 0.3 is 5.97 Å². The Labute approximate surface area is 290 Å². The summed E-state index contributed by atoms with van der Waals surface area (Å²) < 4.78 is 40.0. The van der Waals surface area contributed by atoms with Gasteiger partial charge in [0.15, 0.2) is 14.1 Å². The zero-order chi connectivity index (χ0) is 35.4. The van der Waals surface area contributed by atoms with Crippen LogP contribution in [0.5, 0.6) is 0 Å². The number of benzene rings is 3. The molecular formula is C39H56O7Si2. The van der Waals surface area contributed by atoms with Gasteiger partial charge in [-0.2, -0.15) is 0 Å². The number of carbonyl (C=O) groups excluding carboxylic acids is 1. The van der Waals surface area contributed by atoms with Gasteiger partial charge in [-0.25, -0.2) is 0 Å². The first-order valence-electron chi connectivity index (χ1n) is 16.9. The minimum Gasteiger partial charge on any atom is -0.469 e. The van der Waals surface area contributed by atoms with Crippen molar-refractivity contribution in [2.75, 3.05) is 13.7 Å². The summed E-state index contributed by atoms with van der Waals surface area (Å²) in [5.74, 6) is -1.40. The molecule has 4 atom stereocenters. The van der Waals surface area contributed by atoms with Gasteiger partial charge in [0.25, 0.3) is 8.32 Å². The molecular weight excluding hydrogens is 637 g/mol. The molecule has 0 aromatic heterocycles. The summed E-state index contributed by atoms with van der Waals surface area (Å²) in [7, 11) is -3.74. The largest absolute Gasteiger partial charge is 0.469 e. The van der Waals surface area contributed by atoms with Crippen LogP contribution in [0, 0.1) is 5.41 Å². The molecule has 9 heteroatoms. The summed E-state index contributed by atoms with van der Waals surface area (Å²) in [4.78, 5) is 13.4. The second kappa shape index (κ2) is 15.1. The van der Waals surface area contributed by atoms with Crippen LogP contribution in [0.4, 0.5) is 0 Å². The van der Waals surface area contributed by atoms with E-state index in [2.05, 4.69) is 88.9 Å². The Morgan fingerprint density at radius 2 is 1.31 bits per heavy atom. The number of carbonyl (C=O) groups is 1. The summed E-state index contributed by atoms with van der Waals surface area (Å²) in [6.07, 6.45) is -2.55. The van der Waals surface area contributed by atoms with Crippen LogP contribution >= 0.6 is 0 Å². The average molecular weight is 693 g/mol. The van der Waals surface area contributed by atoms with E-state index in [9.17, 15) is 4.79 Å². The van der Waals surface area contributed by atoms with E-state index in [0.717, 1.165) is 5.56 Å². The maximum Gasteiger partial charge on any atom is 0.313 e. The van der Waals surface area contributed by atoms with E-state index in [1.54, 1.807) is 0 Å². The summed E-state index contributed by atoms with van der Waals surface area (Å²) in [6, 6.07) is 31.2. The van der Waals surface area contributed by atoms with Crippen molar-refractivity contribution in [2.24, 2.45) is 5.41 Å². The fourth-order valence-corrected chi connectivity index (χ4v) is 12.5. The Bertz CT molecular complexity index is 1410. The van der Waals surface area contributed by atoms with E-state index in [1.165, 1.54) is 17.5 Å². The zero-order valence-corrected chi connectivity index (χ0v) is 32.7. The number of methoxy groups -OCH3 is 1. The van der Waals surface area contributed by atoms with E-state index in [0.29, 0.717) is 6.61 Å². The second-order valence-corrected chi connectivity index (χ2v) is 24.5. The first kappa shape index (κ1) is 38.2. The third kappa shape index (κ3) is 8.74. The lowest BCUT2D eigenvalue weighted by atomic mass is 9.80. The maximum absolute atomic E-state index is 13.4. The molecule has 48 heavy (non-hydrogen) atoms. The standard InChI is InChI=1S/C39H56O7Si2/c1-37(2,3)48(30-23-17-13-18-24-30,31-25-19-14-20-26-31)43-28-32-33(42-27-29-21-15-12-16-22-29)34(45-39(6,7)44-32)35(46-47(9,10)11)38(4,5)36(40)41-8/h12-26,32-35H,27-28H2,1-11H3/t32-,33-,34+,35-/m1/s1. The average Bonchev–Trinajstić information content (AvgIpc) is 3.03. The predicted octanol–water partition coefficient (Wildman–Crippen LogP) is 7.09. The van der Waals surface area contributed by atoms with Crippen LogP contribution in [0.15, 0.2) is 91.0 Å². The monoisotopic (exact) mass is 692 g/mol. The van der Waals surface area contributed by atoms with Gasteiger partial charge in [-0.05, 0) is 68.3 Å². The van der Waals surface area contributed by atoms with Gasteiger partial charge in [-0.3, -0.25) is 4.79 Å². The predicted molar refractivity (Wildman–Crippen MR) is 196 cm³/mol.